The number of amides is 2. The molecule has 1 unspecified atom stereocenters. The predicted octanol–water partition coefficient (Wildman–Crippen LogP) is 1.30. The van der Waals surface area contributed by atoms with Gasteiger partial charge in [-0.3, -0.25) is 14.4 Å². The topological polar surface area (TPSA) is 95.5 Å². The number of carboxylic acids is 1. The summed E-state index contributed by atoms with van der Waals surface area (Å²) < 4.78 is 0. The van der Waals surface area contributed by atoms with Gasteiger partial charge in [0.25, 0.3) is 0 Å². The molecular formula is C14H26N2O4. The summed E-state index contributed by atoms with van der Waals surface area (Å²) in [6.07, 6.45) is 1.33. The molecular weight excluding hydrogens is 260 g/mol. The third kappa shape index (κ3) is 8.50. The number of rotatable bonds is 8. The molecule has 0 aromatic rings. The minimum absolute atomic E-state index is 0.0461. The van der Waals surface area contributed by atoms with Crippen LogP contribution in [0.2, 0.25) is 0 Å². The van der Waals surface area contributed by atoms with Gasteiger partial charge < -0.3 is 15.7 Å². The van der Waals surface area contributed by atoms with Crippen LogP contribution in [-0.4, -0.2) is 35.5 Å². The fourth-order valence-corrected chi connectivity index (χ4v) is 1.52. The summed E-state index contributed by atoms with van der Waals surface area (Å²) in [4.78, 5) is 33.8. The molecule has 0 heterocycles. The van der Waals surface area contributed by atoms with Crippen molar-refractivity contribution in [3.8, 4) is 0 Å². The van der Waals surface area contributed by atoms with Crippen LogP contribution in [0.4, 0.5) is 0 Å². The molecule has 0 aliphatic heterocycles. The molecule has 1 atom stereocenters. The van der Waals surface area contributed by atoms with E-state index in [1.807, 2.05) is 27.7 Å². The standard InChI is InChI=1S/C14H26N2O4/c1-5-10(9-12(18)19)16-11(17)7-6-8-15-13(20)14(2,3)4/h10H,5-9H2,1-4H3,(H,15,20)(H,16,17)(H,18,19). The Kier molecular flexibility index (Phi) is 7.87. The highest BCUT2D eigenvalue weighted by Gasteiger charge is 2.20. The van der Waals surface area contributed by atoms with Crippen LogP contribution >= 0.6 is 0 Å². The van der Waals surface area contributed by atoms with Crippen molar-refractivity contribution in [3.05, 3.63) is 0 Å². The molecule has 0 fully saturated rings. The van der Waals surface area contributed by atoms with E-state index in [1.54, 1.807) is 0 Å². The molecule has 116 valence electrons. The van der Waals surface area contributed by atoms with Gasteiger partial charge in [-0.1, -0.05) is 27.7 Å². The molecule has 20 heavy (non-hydrogen) atoms. The first-order chi connectivity index (χ1) is 9.16. The summed E-state index contributed by atoms with van der Waals surface area (Å²) in [5.41, 5.74) is -0.433. The molecule has 0 aromatic heterocycles. The summed E-state index contributed by atoms with van der Waals surface area (Å²) in [5, 5.41) is 14.1. The highest BCUT2D eigenvalue weighted by molar-refractivity contribution is 5.81. The summed E-state index contributed by atoms with van der Waals surface area (Å²) >= 11 is 0. The molecule has 0 saturated carbocycles. The van der Waals surface area contributed by atoms with Gasteiger partial charge in [-0.15, -0.1) is 0 Å². The van der Waals surface area contributed by atoms with Crippen molar-refractivity contribution >= 4 is 17.8 Å². The Labute approximate surface area is 120 Å². The largest absolute Gasteiger partial charge is 0.481 e. The lowest BCUT2D eigenvalue weighted by Gasteiger charge is -2.18. The zero-order valence-corrected chi connectivity index (χ0v) is 12.8. The van der Waals surface area contributed by atoms with Crippen LogP contribution < -0.4 is 10.6 Å². The fraction of sp³-hybridized carbons (Fsp3) is 0.786. The van der Waals surface area contributed by atoms with Gasteiger partial charge in [0.2, 0.25) is 11.8 Å². The van der Waals surface area contributed by atoms with Gasteiger partial charge in [0.05, 0.1) is 6.42 Å². The highest BCUT2D eigenvalue weighted by atomic mass is 16.4. The number of carboxylic acid groups (broad SMARTS) is 1. The van der Waals surface area contributed by atoms with E-state index in [0.717, 1.165) is 0 Å². The fourth-order valence-electron chi connectivity index (χ4n) is 1.52. The molecule has 0 spiro atoms. The van der Waals surface area contributed by atoms with Crippen LogP contribution in [0.3, 0.4) is 0 Å². The van der Waals surface area contributed by atoms with E-state index >= 15 is 0 Å². The predicted molar refractivity (Wildman–Crippen MR) is 76.2 cm³/mol. The van der Waals surface area contributed by atoms with Crippen molar-refractivity contribution in [1.29, 1.82) is 0 Å². The van der Waals surface area contributed by atoms with Crippen molar-refractivity contribution in [2.45, 2.75) is 59.4 Å². The number of nitrogens with one attached hydrogen (secondary N) is 2. The Morgan fingerprint density at radius 1 is 1.20 bits per heavy atom. The van der Waals surface area contributed by atoms with Gasteiger partial charge in [-0.2, -0.15) is 0 Å². The first-order valence-electron chi connectivity index (χ1n) is 6.96. The van der Waals surface area contributed by atoms with E-state index < -0.39 is 11.4 Å². The summed E-state index contributed by atoms with van der Waals surface area (Å²) in [7, 11) is 0. The number of hydrogen-bond donors (Lipinski definition) is 3. The van der Waals surface area contributed by atoms with E-state index in [4.69, 9.17) is 5.11 Å². The lowest BCUT2D eigenvalue weighted by atomic mass is 9.96. The Bertz CT molecular complexity index is 348. The molecule has 6 heteroatoms. The SMILES string of the molecule is CCC(CC(=O)O)NC(=O)CCCNC(=O)C(C)(C)C. The third-order valence-corrected chi connectivity index (χ3v) is 2.83. The van der Waals surface area contributed by atoms with Crippen LogP contribution in [-0.2, 0) is 14.4 Å². The summed E-state index contributed by atoms with van der Waals surface area (Å²) in [6, 6.07) is -0.329. The third-order valence-electron chi connectivity index (χ3n) is 2.83. The van der Waals surface area contributed by atoms with Crippen LogP contribution in [0.15, 0.2) is 0 Å². The van der Waals surface area contributed by atoms with E-state index in [0.29, 0.717) is 19.4 Å². The van der Waals surface area contributed by atoms with Crippen LogP contribution in [0.5, 0.6) is 0 Å². The monoisotopic (exact) mass is 286 g/mol. The van der Waals surface area contributed by atoms with Gasteiger partial charge in [-0.05, 0) is 12.8 Å². The Morgan fingerprint density at radius 2 is 1.80 bits per heavy atom. The van der Waals surface area contributed by atoms with Crippen molar-refractivity contribution in [1.82, 2.24) is 10.6 Å². The maximum Gasteiger partial charge on any atom is 0.305 e. The lowest BCUT2D eigenvalue weighted by molar-refractivity contribution is -0.137. The van der Waals surface area contributed by atoms with E-state index in [1.165, 1.54) is 0 Å². The van der Waals surface area contributed by atoms with E-state index in [9.17, 15) is 14.4 Å². The Morgan fingerprint density at radius 3 is 2.25 bits per heavy atom. The Hall–Kier alpha value is -1.59. The van der Waals surface area contributed by atoms with Crippen LogP contribution in [0, 0.1) is 5.41 Å². The smallest absolute Gasteiger partial charge is 0.305 e. The van der Waals surface area contributed by atoms with Gasteiger partial charge >= 0.3 is 5.97 Å². The number of hydrogen-bond acceptors (Lipinski definition) is 3. The van der Waals surface area contributed by atoms with E-state index in [2.05, 4.69) is 10.6 Å². The van der Waals surface area contributed by atoms with Crippen LogP contribution in [0.25, 0.3) is 0 Å². The molecule has 0 aliphatic rings. The van der Waals surface area contributed by atoms with Crippen molar-refractivity contribution in [2.75, 3.05) is 6.54 Å². The highest BCUT2D eigenvalue weighted by Crippen LogP contribution is 2.12. The maximum atomic E-state index is 11.6. The average molecular weight is 286 g/mol. The number of carbonyl (C=O) groups excluding carboxylic acids is 2. The molecule has 0 radical (unpaired) electrons. The van der Waals surface area contributed by atoms with Crippen molar-refractivity contribution in [3.63, 3.8) is 0 Å². The van der Waals surface area contributed by atoms with Crippen molar-refractivity contribution in [2.24, 2.45) is 5.41 Å². The zero-order valence-electron chi connectivity index (χ0n) is 12.8. The Balaban J connectivity index is 3.89. The van der Waals surface area contributed by atoms with Gasteiger partial charge in [0, 0.05) is 24.4 Å². The molecule has 0 bridgehead atoms. The maximum absolute atomic E-state index is 11.6. The molecule has 3 N–H and O–H groups in total. The molecule has 6 nitrogen and oxygen atoms in total. The van der Waals surface area contributed by atoms with Crippen molar-refractivity contribution < 1.29 is 19.5 Å². The second-order valence-corrected chi connectivity index (χ2v) is 5.88. The molecule has 0 aliphatic carbocycles. The number of carbonyl (C=O) groups is 3. The quantitative estimate of drug-likeness (QED) is 0.586. The molecule has 0 rings (SSSR count). The zero-order chi connectivity index (χ0) is 15.8. The first kappa shape index (κ1) is 18.4. The first-order valence-corrected chi connectivity index (χ1v) is 6.96. The van der Waals surface area contributed by atoms with Crippen LogP contribution in [0.1, 0.15) is 53.4 Å². The summed E-state index contributed by atoms with van der Waals surface area (Å²) in [6.45, 7) is 7.75. The van der Waals surface area contributed by atoms with E-state index in [-0.39, 0.29) is 30.7 Å². The average Bonchev–Trinajstić information content (AvgIpc) is 2.31. The minimum Gasteiger partial charge on any atom is -0.481 e. The van der Waals surface area contributed by atoms with Gasteiger partial charge in [-0.25, -0.2) is 0 Å². The minimum atomic E-state index is -0.922. The number of aliphatic carboxylic acids is 1. The van der Waals surface area contributed by atoms with Gasteiger partial charge in [0.15, 0.2) is 0 Å². The molecule has 2 amide bonds. The molecule has 0 aromatic carbocycles. The van der Waals surface area contributed by atoms with Gasteiger partial charge in [0.1, 0.15) is 0 Å². The second-order valence-electron chi connectivity index (χ2n) is 5.88. The second kappa shape index (κ2) is 8.55. The molecule has 0 saturated heterocycles. The lowest BCUT2D eigenvalue weighted by Crippen LogP contribution is -2.37. The summed E-state index contributed by atoms with van der Waals surface area (Å²) in [5.74, 6) is -1.15. The normalized spacial score (nSPS) is 12.6.